The molecule has 8 heteroatoms. The Balaban J connectivity index is 1.58. The third-order valence-electron chi connectivity index (χ3n) is 5.63. The number of sulfonamides is 1. The molecule has 7 nitrogen and oxygen atoms in total. The minimum atomic E-state index is -3.87. The summed E-state index contributed by atoms with van der Waals surface area (Å²) in [7, 11) is -3.87. The van der Waals surface area contributed by atoms with Gasteiger partial charge in [-0.1, -0.05) is 54.6 Å². The third kappa shape index (κ3) is 6.23. The normalized spacial score (nSPS) is 11.7. The average Bonchev–Trinajstić information content (AvgIpc) is 2.89. The standard InChI is InChI=1S/C29H26N2O5S/c1-3-36-29(33)26-19-24(31-37(34,35)25-11-5-4-6-12-25)15-16-27(26)30-28(32)17-20(2)22-14-13-21-9-7-8-10-23(21)18-22/h4-19,31H,3H2,1-2H3,(H,30,32). The SMILES string of the molecule is CCOC(=O)c1cc(NS(=O)(=O)c2ccccc2)ccc1NC(=O)C=C(C)c1ccc2ccccc2c1. The largest absolute Gasteiger partial charge is 0.462 e. The molecule has 37 heavy (non-hydrogen) atoms. The lowest BCUT2D eigenvalue weighted by Gasteiger charge is -2.13. The van der Waals surface area contributed by atoms with Crippen LogP contribution in [0, 0.1) is 0 Å². The zero-order chi connectivity index (χ0) is 26.4. The number of rotatable bonds is 8. The lowest BCUT2D eigenvalue weighted by atomic mass is 10.0. The van der Waals surface area contributed by atoms with Crippen LogP contribution in [-0.4, -0.2) is 26.9 Å². The molecule has 0 saturated carbocycles. The van der Waals surface area contributed by atoms with Gasteiger partial charge in [-0.2, -0.15) is 0 Å². The lowest BCUT2D eigenvalue weighted by molar-refractivity contribution is -0.111. The molecule has 0 radical (unpaired) electrons. The molecule has 0 atom stereocenters. The number of nitrogens with one attached hydrogen (secondary N) is 2. The first-order chi connectivity index (χ1) is 17.8. The molecule has 4 aromatic rings. The van der Waals surface area contributed by atoms with Crippen LogP contribution in [0.1, 0.15) is 29.8 Å². The molecule has 4 aromatic carbocycles. The smallest absolute Gasteiger partial charge is 0.340 e. The summed E-state index contributed by atoms with van der Waals surface area (Å²) in [5.74, 6) is -1.12. The van der Waals surface area contributed by atoms with E-state index >= 15 is 0 Å². The first-order valence-corrected chi connectivity index (χ1v) is 13.1. The van der Waals surface area contributed by atoms with Gasteiger partial charge in [0.25, 0.3) is 10.0 Å². The maximum absolute atomic E-state index is 12.8. The Morgan fingerprint density at radius 1 is 0.865 bits per heavy atom. The Hall–Kier alpha value is -4.43. The number of allylic oxidation sites excluding steroid dienone is 1. The van der Waals surface area contributed by atoms with Gasteiger partial charge < -0.3 is 10.1 Å². The first kappa shape index (κ1) is 25.7. The van der Waals surface area contributed by atoms with Gasteiger partial charge >= 0.3 is 5.97 Å². The molecule has 0 spiro atoms. The zero-order valence-corrected chi connectivity index (χ0v) is 21.2. The van der Waals surface area contributed by atoms with E-state index in [0.29, 0.717) is 0 Å². The number of amides is 1. The van der Waals surface area contributed by atoms with E-state index in [2.05, 4.69) is 10.0 Å². The number of carbonyl (C=O) groups is 2. The predicted octanol–water partition coefficient (Wildman–Crippen LogP) is 5.86. The van der Waals surface area contributed by atoms with E-state index in [1.54, 1.807) is 25.1 Å². The predicted molar refractivity (Wildman–Crippen MR) is 146 cm³/mol. The summed E-state index contributed by atoms with van der Waals surface area (Å²) in [6.07, 6.45) is 1.45. The van der Waals surface area contributed by atoms with E-state index in [0.717, 1.165) is 21.9 Å². The molecule has 1 amide bonds. The molecule has 0 aliphatic heterocycles. The van der Waals surface area contributed by atoms with Crippen LogP contribution in [0.5, 0.6) is 0 Å². The number of hydrogen-bond acceptors (Lipinski definition) is 5. The average molecular weight is 515 g/mol. The Morgan fingerprint density at radius 2 is 1.57 bits per heavy atom. The van der Waals surface area contributed by atoms with Crippen molar-refractivity contribution >= 4 is 49.6 Å². The van der Waals surface area contributed by atoms with Crippen molar-refractivity contribution in [2.75, 3.05) is 16.6 Å². The van der Waals surface area contributed by atoms with Crippen LogP contribution >= 0.6 is 0 Å². The number of esters is 1. The summed E-state index contributed by atoms with van der Waals surface area (Å²) in [6.45, 7) is 3.61. The molecule has 0 aromatic heterocycles. The van der Waals surface area contributed by atoms with Crippen molar-refractivity contribution in [1.29, 1.82) is 0 Å². The van der Waals surface area contributed by atoms with Crippen molar-refractivity contribution in [3.8, 4) is 0 Å². The summed E-state index contributed by atoms with van der Waals surface area (Å²) in [4.78, 5) is 25.6. The minimum Gasteiger partial charge on any atom is -0.462 e. The highest BCUT2D eigenvalue weighted by molar-refractivity contribution is 7.92. The van der Waals surface area contributed by atoms with Crippen LogP contribution in [-0.2, 0) is 19.6 Å². The van der Waals surface area contributed by atoms with Crippen LogP contribution in [0.15, 0.2) is 102 Å². The highest BCUT2D eigenvalue weighted by atomic mass is 32.2. The van der Waals surface area contributed by atoms with Crippen molar-refractivity contribution in [3.63, 3.8) is 0 Å². The number of carbonyl (C=O) groups excluding carboxylic acids is 2. The Bertz CT molecular complexity index is 1600. The number of benzene rings is 4. The van der Waals surface area contributed by atoms with Crippen LogP contribution in [0.3, 0.4) is 0 Å². The zero-order valence-electron chi connectivity index (χ0n) is 20.4. The van der Waals surface area contributed by atoms with E-state index in [1.807, 2.05) is 49.4 Å². The number of fused-ring (bicyclic) bond motifs is 1. The molecule has 2 N–H and O–H groups in total. The highest BCUT2D eigenvalue weighted by Gasteiger charge is 2.19. The second-order valence-corrected chi connectivity index (χ2v) is 9.96. The van der Waals surface area contributed by atoms with Gasteiger partial charge in [0.15, 0.2) is 0 Å². The van der Waals surface area contributed by atoms with E-state index in [-0.39, 0.29) is 28.4 Å². The highest BCUT2D eigenvalue weighted by Crippen LogP contribution is 2.25. The molecule has 0 bridgehead atoms. The van der Waals surface area contributed by atoms with Crippen LogP contribution in [0.4, 0.5) is 11.4 Å². The van der Waals surface area contributed by atoms with Gasteiger partial charge in [-0.25, -0.2) is 13.2 Å². The molecule has 0 fully saturated rings. The van der Waals surface area contributed by atoms with Crippen molar-refractivity contribution in [2.45, 2.75) is 18.7 Å². The maximum Gasteiger partial charge on any atom is 0.340 e. The molecule has 0 heterocycles. The van der Waals surface area contributed by atoms with Crippen molar-refractivity contribution < 1.29 is 22.7 Å². The Morgan fingerprint density at radius 3 is 2.30 bits per heavy atom. The summed E-state index contributed by atoms with van der Waals surface area (Å²) >= 11 is 0. The van der Waals surface area contributed by atoms with E-state index in [9.17, 15) is 18.0 Å². The topological polar surface area (TPSA) is 102 Å². The minimum absolute atomic E-state index is 0.0280. The van der Waals surface area contributed by atoms with Gasteiger partial charge in [-0.3, -0.25) is 9.52 Å². The second kappa shape index (κ2) is 11.1. The molecule has 4 rings (SSSR count). The second-order valence-electron chi connectivity index (χ2n) is 8.28. The van der Waals surface area contributed by atoms with Crippen LogP contribution in [0.2, 0.25) is 0 Å². The molecular formula is C29H26N2O5S. The van der Waals surface area contributed by atoms with E-state index < -0.39 is 21.9 Å². The summed E-state index contributed by atoms with van der Waals surface area (Å²) in [5, 5.41) is 4.88. The quantitative estimate of drug-likeness (QED) is 0.227. The summed E-state index contributed by atoms with van der Waals surface area (Å²) in [5.41, 5.74) is 2.03. The van der Waals surface area contributed by atoms with Gasteiger partial charge in [0.2, 0.25) is 5.91 Å². The van der Waals surface area contributed by atoms with Gasteiger partial charge in [0.1, 0.15) is 0 Å². The summed E-state index contributed by atoms with van der Waals surface area (Å²) in [6, 6.07) is 26.0. The van der Waals surface area contributed by atoms with Crippen molar-refractivity contribution in [1.82, 2.24) is 0 Å². The fraction of sp³-hybridized carbons (Fsp3) is 0.103. The van der Waals surface area contributed by atoms with Crippen molar-refractivity contribution in [2.24, 2.45) is 0 Å². The molecule has 0 aliphatic rings. The van der Waals surface area contributed by atoms with Gasteiger partial charge in [0.05, 0.1) is 22.8 Å². The van der Waals surface area contributed by atoms with Crippen LogP contribution in [0.25, 0.3) is 16.3 Å². The van der Waals surface area contributed by atoms with E-state index in [1.165, 1.54) is 36.4 Å². The molecule has 188 valence electrons. The molecule has 0 unspecified atom stereocenters. The lowest BCUT2D eigenvalue weighted by Crippen LogP contribution is -2.16. The fourth-order valence-electron chi connectivity index (χ4n) is 3.79. The first-order valence-electron chi connectivity index (χ1n) is 11.6. The van der Waals surface area contributed by atoms with Gasteiger partial charge in [-0.15, -0.1) is 0 Å². The number of anilines is 2. The fourth-order valence-corrected chi connectivity index (χ4v) is 4.86. The number of ether oxygens (including phenoxy) is 1. The molecule has 0 aliphatic carbocycles. The Kier molecular flexibility index (Phi) is 7.69. The van der Waals surface area contributed by atoms with Gasteiger partial charge in [-0.05, 0) is 72.2 Å². The molecular weight excluding hydrogens is 488 g/mol. The summed E-state index contributed by atoms with van der Waals surface area (Å²) < 4.78 is 33.0. The third-order valence-corrected chi connectivity index (χ3v) is 7.03. The number of hydrogen-bond donors (Lipinski definition) is 2. The monoisotopic (exact) mass is 514 g/mol. The maximum atomic E-state index is 12.8. The van der Waals surface area contributed by atoms with E-state index in [4.69, 9.17) is 4.74 Å². The Labute approximate surface area is 215 Å². The molecule has 0 saturated heterocycles. The van der Waals surface area contributed by atoms with Gasteiger partial charge in [0, 0.05) is 11.8 Å². The van der Waals surface area contributed by atoms with Crippen LogP contribution < -0.4 is 10.0 Å². The van der Waals surface area contributed by atoms with Crippen molar-refractivity contribution in [3.05, 3.63) is 108 Å².